The summed E-state index contributed by atoms with van der Waals surface area (Å²) in [5.74, 6) is -0.508. The molecular formula is C8H17NO4S. The van der Waals surface area contributed by atoms with E-state index in [2.05, 4.69) is 4.72 Å². The molecule has 0 aromatic carbocycles. The van der Waals surface area contributed by atoms with E-state index < -0.39 is 15.8 Å². The fourth-order valence-electron chi connectivity index (χ4n) is 1.19. The summed E-state index contributed by atoms with van der Waals surface area (Å²) < 4.78 is 35.4. The van der Waals surface area contributed by atoms with E-state index in [1.54, 1.807) is 20.8 Å². The second-order valence-electron chi connectivity index (χ2n) is 3.70. The monoisotopic (exact) mass is 223 g/mol. The third-order valence-electron chi connectivity index (χ3n) is 1.98. The lowest BCUT2D eigenvalue weighted by Crippen LogP contribution is -2.35. The van der Waals surface area contributed by atoms with E-state index >= 15 is 0 Å². The highest BCUT2D eigenvalue weighted by Gasteiger charge is 2.32. The van der Waals surface area contributed by atoms with Crippen LogP contribution in [0.15, 0.2) is 0 Å². The lowest BCUT2D eigenvalue weighted by Gasteiger charge is -2.17. The Labute approximate surface area is 84.8 Å². The quantitative estimate of drug-likeness (QED) is 0.733. The van der Waals surface area contributed by atoms with Crippen LogP contribution in [-0.2, 0) is 19.5 Å². The molecule has 1 saturated heterocycles. The number of ether oxygens (including phenoxy) is 2. The predicted octanol–water partition coefficient (Wildman–Crippen LogP) is 0.0772. The summed E-state index contributed by atoms with van der Waals surface area (Å²) in [6.07, 6.45) is -0.189. The van der Waals surface area contributed by atoms with Crippen molar-refractivity contribution >= 4 is 10.0 Å². The van der Waals surface area contributed by atoms with Crippen molar-refractivity contribution in [3.8, 4) is 0 Å². The summed E-state index contributed by atoms with van der Waals surface area (Å²) in [6, 6.07) is 0. The summed E-state index contributed by atoms with van der Waals surface area (Å²) in [6.45, 7) is 5.92. The second kappa shape index (κ2) is 4.14. The van der Waals surface area contributed by atoms with Crippen LogP contribution in [0.2, 0.25) is 0 Å². The normalized spacial score (nSPS) is 26.6. The van der Waals surface area contributed by atoms with Crippen LogP contribution in [0, 0.1) is 0 Å². The highest BCUT2D eigenvalue weighted by molar-refractivity contribution is 7.89. The van der Waals surface area contributed by atoms with E-state index in [9.17, 15) is 8.42 Å². The molecule has 0 bridgehead atoms. The van der Waals surface area contributed by atoms with Crippen molar-refractivity contribution in [2.45, 2.75) is 32.7 Å². The first-order valence-corrected chi connectivity index (χ1v) is 6.29. The molecule has 84 valence electrons. The van der Waals surface area contributed by atoms with Crippen LogP contribution in [0.5, 0.6) is 0 Å². The van der Waals surface area contributed by atoms with Gasteiger partial charge in [0.05, 0.1) is 18.5 Å². The lowest BCUT2D eigenvalue weighted by atomic mass is 10.4. The molecule has 1 rings (SSSR count). The van der Waals surface area contributed by atoms with Crippen molar-refractivity contribution in [2.75, 3.05) is 18.9 Å². The maximum Gasteiger partial charge on any atom is 0.211 e. The Hall–Kier alpha value is -0.170. The van der Waals surface area contributed by atoms with Crippen molar-refractivity contribution in [1.29, 1.82) is 0 Å². The van der Waals surface area contributed by atoms with Crippen LogP contribution in [-0.4, -0.2) is 39.2 Å². The minimum atomic E-state index is -3.13. The maximum absolute atomic E-state index is 11.1. The topological polar surface area (TPSA) is 64.6 Å². The number of hydrogen-bond acceptors (Lipinski definition) is 4. The second-order valence-corrected chi connectivity index (χ2v) is 5.80. The van der Waals surface area contributed by atoms with E-state index in [1.165, 1.54) is 0 Å². The zero-order chi connectivity index (χ0) is 10.8. The molecule has 0 aromatic heterocycles. The van der Waals surface area contributed by atoms with Gasteiger partial charge in [-0.25, -0.2) is 13.1 Å². The Balaban J connectivity index is 2.35. The standard InChI is InChI=1S/C8H17NO4S/c1-4-14(10,11)9-5-7-6-12-8(2,3)13-7/h7,9H,4-6H2,1-3H3. The minimum absolute atomic E-state index is 0.0873. The first-order valence-electron chi connectivity index (χ1n) is 4.64. The summed E-state index contributed by atoms with van der Waals surface area (Å²) in [5.41, 5.74) is 0. The molecule has 1 heterocycles. The first-order chi connectivity index (χ1) is 6.35. The Kier molecular flexibility index (Phi) is 3.52. The highest BCUT2D eigenvalue weighted by atomic mass is 32.2. The van der Waals surface area contributed by atoms with Gasteiger partial charge in [0, 0.05) is 6.54 Å². The Morgan fingerprint density at radius 2 is 2.14 bits per heavy atom. The smallest absolute Gasteiger partial charge is 0.211 e. The van der Waals surface area contributed by atoms with Crippen LogP contribution in [0.4, 0.5) is 0 Å². The SMILES string of the molecule is CCS(=O)(=O)NCC1COC(C)(C)O1. The van der Waals surface area contributed by atoms with Crippen molar-refractivity contribution < 1.29 is 17.9 Å². The van der Waals surface area contributed by atoms with Gasteiger partial charge in [0.25, 0.3) is 0 Å². The fraction of sp³-hybridized carbons (Fsp3) is 1.00. The van der Waals surface area contributed by atoms with Crippen LogP contribution < -0.4 is 4.72 Å². The van der Waals surface area contributed by atoms with Gasteiger partial charge in [-0.15, -0.1) is 0 Å². The van der Waals surface area contributed by atoms with Gasteiger partial charge in [0.15, 0.2) is 5.79 Å². The van der Waals surface area contributed by atoms with Gasteiger partial charge in [0.1, 0.15) is 0 Å². The Bertz CT molecular complexity index is 286. The van der Waals surface area contributed by atoms with Gasteiger partial charge in [0.2, 0.25) is 10.0 Å². The lowest BCUT2D eigenvalue weighted by molar-refractivity contribution is -0.137. The van der Waals surface area contributed by atoms with Gasteiger partial charge in [-0.05, 0) is 20.8 Å². The Morgan fingerprint density at radius 1 is 1.50 bits per heavy atom. The van der Waals surface area contributed by atoms with Gasteiger partial charge in [-0.1, -0.05) is 0 Å². The van der Waals surface area contributed by atoms with Crippen LogP contribution in [0.1, 0.15) is 20.8 Å². The van der Waals surface area contributed by atoms with Crippen molar-refractivity contribution in [3.05, 3.63) is 0 Å². The molecule has 1 N–H and O–H groups in total. The molecule has 0 saturated carbocycles. The number of hydrogen-bond donors (Lipinski definition) is 1. The molecule has 1 fully saturated rings. The molecular weight excluding hydrogens is 206 g/mol. The predicted molar refractivity (Wildman–Crippen MR) is 52.4 cm³/mol. The molecule has 14 heavy (non-hydrogen) atoms. The zero-order valence-electron chi connectivity index (χ0n) is 8.74. The molecule has 0 radical (unpaired) electrons. The van der Waals surface area contributed by atoms with E-state index in [0.717, 1.165) is 0 Å². The summed E-state index contributed by atoms with van der Waals surface area (Å²) in [4.78, 5) is 0. The molecule has 6 heteroatoms. The van der Waals surface area contributed by atoms with Crippen molar-refractivity contribution in [3.63, 3.8) is 0 Å². The third kappa shape index (κ3) is 3.53. The highest BCUT2D eigenvalue weighted by Crippen LogP contribution is 2.21. The Morgan fingerprint density at radius 3 is 2.57 bits per heavy atom. The molecule has 1 aliphatic heterocycles. The first kappa shape index (κ1) is 11.9. The van der Waals surface area contributed by atoms with Crippen molar-refractivity contribution in [1.82, 2.24) is 4.72 Å². The maximum atomic E-state index is 11.1. The van der Waals surface area contributed by atoms with Crippen LogP contribution in [0.3, 0.4) is 0 Å². The molecule has 1 unspecified atom stereocenters. The largest absolute Gasteiger partial charge is 0.348 e. The van der Waals surface area contributed by atoms with E-state index in [0.29, 0.717) is 6.61 Å². The molecule has 1 atom stereocenters. The molecule has 0 aliphatic carbocycles. The fourth-order valence-corrected chi connectivity index (χ4v) is 1.83. The van der Waals surface area contributed by atoms with Gasteiger partial charge < -0.3 is 9.47 Å². The molecule has 0 amide bonds. The summed E-state index contributed by atoms with van der Waals surface area (Å²) in [7, 11) is -3.13. The van der Waals surface area contributed by atoms with Gasteiger partial charge in [-0.3, -0.25) is 0 Å². The third-order valence-corrected chi connectivity index (χ3v) is 3.34. The van der Waals surface area contributed by atoms with Crippen LogP contribution >= 0.6 is 0 Å². The van der Waals surface area contributed by atoms with Gasteiger partial charge >= 0.3 is 0 Å². The van der Waals surface area contributed by atoms with Crippen molar-refractivity contribution in [2.24, 2.45) is 0 Å². The number of sulfonamides is 1. The number of nitrogens with one attached hydrogen (secondary N) is 1. The summed E-state index contributed by atoms with van der Waals surface area (Å²) in [5, 5.41) is 0. The average Bonchev–Trinajstić information content (AvgIpc) is 2.43. The van der Waals surface area contributed by atoms with E-state index in [1.807, 2.05) is 0 Å². The molecule has 0 aromatic rings. The average molecular weight is 223 g/mol. The molecule has 5 nitrogen and oxygen atoms in total. The molecule has 0 spiro atoms. The van der Waals surface area contributed by atoms with Crippen LogP contribution in [0.25, 0.3) is 0 Å². The molecule has 1 aliphatic rings. The minimum Gasteiger partial charge on any atom is -0.348 e. The van der Waals surface area contributed by atoms with E-state index in [-0.39, 0.29) is 18.4 Å². The zero-order valence-corrected chi connectivity index (χ0v) is 9.56. The van der Waals surface area contributed by atoms with E-state index in [4.69, 9.17) is 9.47 Å². The summed E-state index contributed by atoms with van der Waals surface area (Å²) >= 11 is 0. The number of rotatable bonds is 4. The van der Waals surface area contributed by atoms with Gasteiger partial charge in [-0.2, -0.15) is 0 Å².